The van der Waals surface area contributed by atoms with Gasteiger partial charge in [0.25, 0.3) is 0 Å². The zero-order chi connectivity index (χ0) is 29.3. The van der Waals surface area contributed by atoms with Crippen LogP contribution in [0.15, 0.2) is 30.3 Å². The van der Waals surface area contributed by atoms with Crippen molar-refractivity contribution in [1.82, 2.24) is 25.2 Å². The molecule has 10 heteroatoms. The average molecular weight is 585 g/mol. The molecular weight excluding hydrogens is 553 g/mol. The second-order valence-corrected chi connectivity index (χ2v) is 12.1. The largest absolute Gasteiger partial charge is 0.461 e. The summed E-state index contributed by atoms with van der Waals surface area (Å²) in [6.45, 7) is 4.34. The predicted molar refractivity (Wildman–Crippen MR) is 159 cm³/mol. The van der Waals surface area contributed by atoms with Crippen molar-refractivity contribution in [1.29, 1.82) is 0 Å². The number of alkyl halides is 1. The van der Waals surface area contributed by atoms with Crippen molar-refractivity contribution in [2.75, 3.05) is 44.2 Å². The summed E-state index contributed by atoms with van der Waals surface area (Å²) in [4.78, 5) is 18.5. The van der Waals surface area contributed by atoms with E-state index in [0.29, 0.717) is 42.8 Å². The van der Waals surface area contributed by atoms with E-state index in [0.717, 1.165) is 38.8 Å². The van der Waals surface area contributed by atoms with Gasteiger partial charge in [0.05, 0.1) is 22.2 Å². The van der Waals surface area contributed by atoms with Gasteiger partial charge in [-0.1, -0.05) is 30.2 Å². The number of fused-ring (bicyclic) bond motifs is 4. The number of ether oxygens (including phenoxy) is 1. The molecule has 2 aromatic heterocycles. The van der Waals surface area contributed by atoms with Crippen LogP contribution < -0.4 is 15.0 Å². The second-order valence-electron chi connectivity index (χ2n) is 12.1. The first-order valence-corrected chi connectivity index (χ1v) is 15.1. The van der Waals surface area contributed by atoms with Gasteiger partial charge in [0.2, 0.25) is 0 Å². The highest BCUT2D eigenvalue weighted by Crippen LogP contribution is 2.45. The fraction of sp³-hybridized carbons (Fsp3) is 0.424. The summed E-state index contributed by atoms with van der Waals surface area (Å²) >= 11 is 0. The number of pyridine rings is 1. The summed E-state index contributed by atoms with van der Waals surface area (Å²) < 4.78 is 54.2. The van der Waals surface area contributed by atoms with Crippen LogP contribution >= 0.6 is 0 Å². The van der Waals surface area contributed by atoms with E-state index in [1.54, 1.807) is 24.3 Å². The van der Waals surface area contributed by atoms with Crippen molar-refractivity contribution in [2.45, 2.75) is 49.9 Å². The molecule has 4 aliphatic heterocycles. The van der Waals surface area contributed by atoms with Crippen molar-refractivity contribution in [2.24, 2.45) is 0 Å². The Morgan fingerprint density at radius 2 is 1.88 bits per heavy atom. The minimum atomic E-state index is -1.49. The minimum absolute atomic E-state index is 0.00426. The number of terminal acetylenes is 1. The molecule has 220 valence electrons. The number of piperazine rings is 1. The fourth-order valence-corrected chi connectivity index (χ4v) is 7.79. The van der Waals surface area contributed by atoms with E-state index in [1.165, 1.54) is 6.07 Å². The molecule has 2 unspecified atom stereocenters. The molecule has 0 aliphatic carbocycles. The maximum absolute atomic E-state index is 16.8. The maximum Gasteiger partial charge on any atom is 0.319 e. The molecular formula is C33H31F3N6O. The van der Waals surface area contributed by atoms with Crippen LogP contribution in [-0.4, -0.2) is 70.8 Å². The Bertz CT molecular complexity index is 1810. The zero-order valence-corrected chi connectivity index (χ0v) is 23.7. The third-order valence-electron chi connectivity index (χ3n) is 9.85. The first-order valence-electron chi connectivity index (χ1n) is 15.1. The monoisotopic (exact) mass is 584 g/mol. The number of benzene rings is 2. The molecule has 4 aromatic rings. The van der Waals surface area contributed by atoms with Gasteiger partial charge in [-0.15, -0.1) is 6.42 Å². The molecule has 0 radical (unpaired) electrons. The molecule has 3 fully saturated rings. The van der Waals surface area contributed by atoms with Crippen molar-refractivity contribution < 1.29 is 17.9 Å². The fourth-order valence-electron chi connectivity index (χ4n) is 7.79. The SMILES string of the molecule is C#Cc1c(F)ccc2cccc(-c3nc4c5c(nc(OCC67CCCN6CCC7)nc5c3F)N3CCNCC3CC4F)c12. The van der Waals surface area contributed by atoms with Gasteiger partial charge in [-0.05, 0) is 50.2 Å². The zero-order valence-electron chi connectivity index (χ0n) is 23.7. The molecule has 2 aromatic carbocycles. The summed E-state index contributed by atoms with van der Waals surface area (Å²) in [6.07, 6.45) is 8.69. The first kappa shape index (κ1) is 26.7. The van der Waals surface area contributed by atoms with Gasteiger partial charge in [0, 0.05) is 43.0 Å². The molecule has 0 spiro atoms. The van der Waals surface area contributed by atoms with Gasteiger partial charge in [0.1, 0.15) is 35.6 Å². The lowest BCUT2D eigenvalue weighted by Crippen LogP contribution is -2.51. The number of anilines is 1. The van der Waals surface area contributed by atoms with Gasteiger partial charge in [-0.2, -0.15) is 9.97 Å². The van der Waals surface area contributed by atoms with Crippen LogP contribution in [-0.2, 0) is 0 Å². The number of hydrogen-bond donors (Lipinski definition) is 1. The summed E-state index contributed by atoms with van der Waals surface area (Å²) in [5.41, 5.74) is 0.136. The van der Waals surface area contributed by atoms with E-state index in [2.05, 4.69) is 26.1 Å². The van der Waals surface area contributed by atoms with Crippen molar-refractivity contribution in [3.63, 3.8) is 0 Å². The Morgan fingerprint density at radius 3 is 2.70 bits per heavy atom. The first-order chi connectivity index (χ1) is 21.0. The topological polar surface area (TPSA) is 66.4 Å². The molecule has 0 amide bonds. The number of aromatic nitrogens is 3. The van der Waals surface area contributed by atoms with Gasteiger partial charge < -0.3 is 15.0 Å². The van der Waals surface area contributed by atoms with Gasteiger partial charge in [-0.3, -0.25) is 4.90 Å². The highest BCUT2D eigenvalue weighted by Gasteiger charge is 2.45. The van der Waals surface area contributed by atoms with E-state index in [9.17, 15) is 4.39 Å². The van der Waals surface area contributed by atoms with Crippen molar-refractivity contribution in [3.05, 3.63) is 53.2 Å². The van der Waals surface area contributed by atoms with E-state index < -0.39 is 17.8 Å². The summed E-state index contributed by atoms with van der Waals surface area (Å²) in [5, 5.41) is 4.58. The lowest BCUT2D eigenvalue weighted by Gasteiger charge is -2.36. The number of rotatable bonds is 4. The van der Waals surface area contributed by atoms with Crippen LogP contribution in [0.3, 0.4) is 0 Å². The summed E-state index contributed by atoms with van der Waals surface area (Å²) in [5.74, 6) is 1.52. The third-order valence-corrected chi connectivity index (χ3v) is 9.85. The molecule has 0 bridgehead atoms. The standard InChI is InChI=1S/C33H31F3N6O/c1-2-21-23(34)9-8-19-6-3-7-22(25(19)21)28-27(36)30-26-29(38-28)24(35)16-20-17-37-12-15-42(20)31(26)40-32(39-30)43-18-33-10-4-13-41(33)14-5-11-33/h1,3,6-9,20,24,37H,4-5,10-18H2. The molecule has 6 heterocycles. The second kappa shape index (κ2) is 10.1. The van der Waals surface area contributed by atoms with Crippen LogP contribution in [0.25, 0.3) is 32.9 Å². The molecule has 43 heavy (non-hydrogen) atoms. The van der Waals surface area contributed by atoms with E-state index >= 15 is 8.78 Å². The van der Waals surface area contributed by atoms with E-state index in [4.69, 9.17) is 16.1 Å². The lowest BCUT2D eigenvalue weighted by atomic mass is 9.95. The molecule has 2 atom stereocenters. The molecule has 0 saturated carbocycles. The van der Waals surface area contributed by atoms with Gasteiger partial charge in [-0.25, -0.2) is 18.2 Å². The maximum atomic E-state index is 16.8. The smallest absolute Gasteiger partial charge is 0.319 e. The van der Waals surface area contributed by atoms with Crippen LogP contribution in [0, 0.1) is 24.0 Å². The Balaban J connectivity index is 1.35. The average Bonchev–Trinajstić information content (AvgIpc) is 3.58. The quantitative estimate of drug-likeness (QED) is 0.327. The third kappa shape index (κ3) is 4.09. The van der Waals surface area contributed by atoms with E-state index in [1.807, 2.05) is 4.90 Å². The van der Waals surface area contributed by atoms with Gasteiger partial charge >= 0.3 is 6.01 Å². The predicted octanol–water partition coefficient (Wildman–Crippen LogP) is 5.30. The van der Waals surface area contributed by atoms with Crippen molar-refractivity contribution in [3.8, 4) is 29.6 Å². The lowest BCUT2D eigenvalue weighted by molar-refractivity contribution is 0.108. The normalized spacial score (nSPS) is 22.8. The van der Waals surface area contributed by atoms with Crippen LogP contribution in [0.2, 0.25) is 0 Å². The number of nitrogens with one attached hydrogen (secondary N) is 1. The minimum Gasteiger partial charge on any atom is -0.461 e. The Kier molecular flexibility index (Phi) is 6.24. The molecule has 4 aliphatic rings. The highest BCUT2D eigenvalue weighted by molar-refractivity contribution is 6.03. The van der Waals surface area contributed by atoms with Crippen molar-refractivity contribution >= 4 is 27.5 Å². The Morgan fingerprint density at radius 1 is 1.05 bits per heavy atom. The van der Waals surface area contributed by atoms with Crippen LogP contribution in [0.4, 0.5) is 19.0 Å². The van der Waals surface area contributed by atoms with E-state index in [-0.39, 0.29) is 57.4 Å². The van der Waals surface area contributed by atoms with Crippen LogP contribution in [0.1, 0.15) is 49.5 Å². The van der Waals surface area contributed by atoms with Gasteiger partial charge in [0.15, 0.2) is 5.82 Å². The molecule has 8 rings (SSSR count). The number of halogens is 3. The molecule has 3 saturated heterocycles. The summed E-state index contributed by atoms with van der Waals surface area (Å²) in [7, 11) is 0. The Labute approximate surface area is 247 Å². The number of hydrogen-bond acceptors (Lipinski definition) is 7. The number of nitrogens with zero attached hydrogens (tertiary/aromatic N) is 5. The highest BCUT2D eigenvalue weighted by atomic mass is 19.1. The Hall–Kier alpha value is -3.94. The van der Waals surface area contributed by atoms with Crippen LogP contribution in [0.5, 0.6) is 6.01 Å². The summed E-state index contributed by atoms with van der Waals surface area (Å²) in [6, 6.07) is 7.89. The molecule has 7 nitrogen and oxygen atoms in total. The molecule has 1 N–H and O–H groups in total.